The Kier molecular flexibility index (Phi) is 4.53. The van der Waals surface area contributed by atoms with E-state index < -0.39 is 6.10 Å². The van der Waals surface area contributed by atoms with Crippen LogP contribution < -0.4 is 5.32 Å². The van der Waals surface area contributed by atoms with Crippen LogP contribution in [-0.2, 0) is 0 Å². The monoisotopic (exact) mass is 269 g/mol. The van der Waals surface area contributed by atoms with Gasteiger partial charge in [-0.2, -0.15) is 0 Å². The lowest BCUT2D eigenvalue weighted by atomic mass is 10.1. The fraction of sp³-hybridized carbons (Fsp3) is 0.235. The van der Waals surface area contributed by atoms with Crippen molar-refractivity contribution in [3.05, 3.63) is 70.8 Å². The molecular weight excluding hydrogens is 250 g/mol. The van der Waals surface area contributed by atoms with Gasteiger partial charge in [-0.15, -0.1) is 0 Å². The Labute approximate surface area is 119 Å². The molecule has 2 aromatic carbocycles. The SMILES string of the molecule is Cc1ccc(C(O)CNC(=O)c2ccccc2C)cc1. The molecule has 0 spiro atoms. The third-order valence-electron chi connectivity index (χ3n) is 3.31. The molecule has 0 saturated carbocycles. The van der Waals surface area contributed by atoms with Crippen LogP contribution in [0.2, 0.25) is 0 Å². The van der Waals surface area contributed by atoms with Crippen molar-refractivity contribution in [2.24, 2.45) is 0 Å². The summed E-state index contributed by atoms with van der Waals surface area (Å²) in [6, 6.07) is 15.0. The molecule has 2 rings (SSSR count). The topological polar surface area (TPSA) is 49.3 Å². The second-order valence-corrected chi connectivity index (χ2v) is 4.95. The van der Waals surface area contributed by atoms with Crippen molar-refractivity contribution in [1.29, 1.82) is 0 Å². The van der Waals surface area contributed by atoms with E-state index in [-0.39, 0.29) is 12.5 Å². The van der Waals surface area contributed by atoms with Crippen LogP contribution in [0.4, 0.5) is 0 Å². The molecule has 0 aliphatic carbocycles. The van der Waals surface area contributed by atoms with Gasteiger partial charge in [0.15, 0.2) is 0 Å². The largest absolute Gasteiger partial charge is 0.387 e. The predicted octanol–water partition coefficient (Wildman–Crippen LogP) is 2.77. The maximum absolute atomic E-state index is 12.0. The standard InChI is InChI=1S/C17H19NO2/c1-12-7-9-14(10-8-12)16(19)11-18-17(20)15-6-4-3-5-13(15)2/h3-10,16,19H,11H2,1-2H3,(H,18,20). The summed E-state index contributed by atoms with van der Waals surface area (Å²) in [6.45, 7) is 4.09. The summed E-state index contributed by atoms with van der Waals surface area (Å²) >= 11 is 0. The first-order chi connectivity index (χ1) is 9.58. The van der Waals surface area contributed by atoms with E-state index >= 15 is 0 Å². The lowest BCUT2D eigenvalue weighted by Crippen LogP contribution is -2.28. The molecule has 0 fully saturated rings. The van der Waals surface area contributed by atoms with E-state index in [1.54, 1.807) is 6.07 Å². The van der Waals surface area contributed by atoms with Gasteiger partial charge in [0.1, 0.15) is 0 Å². The van der Waals surface area contributed by atoms with Gasteiger partial charge in [0.2, 0.25) is 0 Å². The number of hydrogen-bond donors (Lipinski definition) is 2. The van der Waals surface area contributed by atoms with Gasteiger partial charge in [-0.1, -0.05) is 48.0 Å². The Morgan fingerprint density at radius 3 is 2.40 bits per heavy atom. The van der Waals surface area contributed by atoms with Gasteiger partial charge in [0, 0.05) is 12.1 Å². The van der Waals surface area contributed by atoms with E-state index in [1.165, 1.54) is 0 Å². The molecule has 0 heterocycles. The Bertz CT molecular complexity index is 590. The third-order valence-corrected chi connectivity index (χ3v) is 3.31. The number of amides is 1. The van der Waals surface area contributed by atoms with Crippen LogP contribution >= 0.6 is 0 Å². The maximum Gasteiger partial charge on any atom is 0.251 e. The van der Waals surface area contributed by atoms with Crippen LogP contribution in [0.3, 0.4) is 0 Å². The first-order valence-corrected chi connectivity index (χ1v) is 6.66. The number of nitrogens with one attached hydrogen (secondary N) is 1. The first-order valence-electron chi connectivity index (χ1n) is 6.66. The second kappa shape index (κ2) is 6.35. The van der Waals surface area contributed by atoms with Crippen LogP contribution in [0.15, 0.2) is 48.5 Å². The van der Waals surface area contributed by atoms with E-state index in [9.17, 15) is 9.90 Å². The van der Waals surface area contributed by atoms with E-state index in [0.717, 1.165) is 16.7 Å². The van der Waals surface area contributed by atoms with Crippen molar-refractivity contribution >= 4 is 5.91 Å². The van der Waals surface area contributed by atoms with Gasteiger partial charge in [-0.3, -0.25) is 4.79 Å². The van der Waals surface area contributed by atoms with E-state index in [2.05, 4.69) is 5.32 Å². The molecule has 20 heavy (non-hydrogen) atoms. The van der Waals surface area contributed by atoms with E-state index in [4.69, 9.17) is 0 Å². The molecule has 1 amide bonds. The zero-order valence-electron chi connectivity index (χ0n) is 11.8. The highest BCUT2D eigenvalue weighted by Crippen LogP contribution is 2.13. The summed E-state index contributed by atoms with van der Waals surface area (Å²) in [5.74, 6) is -0.158. The highest BCUT2D eigenvalue weighted by atomic mass is 16.3. The molecule has 1 unspecified atom stereocenters. The minimum absolute atomic E-state index is 0.158. The van der Waals surface area contributed by atoms with Crippen molar-refractivity contribution < 1.29 is 9.90 Å². The number of rotatable bonds is 4. The number of aliphatic hydroxyl groups is 1. The van der Waals surface area contributed by atoms with Crippen molar-refractivity contribution in [2.45, 2.75) is 20.0 Å². The zero-order chi connectivity index (χ0) is 14.5. The molecule has 0 bridgehead atoms. The van der Waals surface area contributed by atoms with Crippen molar-refractivity contribution in [3.8, 4) is 0 Å². The van der Waals surface area contributed by atoms with Gasteiger partial charge in [0.05, 0.1) is 6.10 Å². The summed E-state index contributed by atoms with van der Waals surface area (Å²) in [6.07, 6.45) is -0.691. The minimum Gasteiger partial charge on any atom is -0.387 e. The van der Waals surface area contributed by atoms with Gasteiger partial charge in [0.25, 0.3) is 5.91 Å². The van der Waals surface area contributed by atoms with Crippen molar-refractivity contribution in [1.82, 2.24) is 5.32 Å². The molecule has 0 saturated heterocycles. The van der Waals surface area contributed by atoms with Crippen LogP contribution in [0, 0.1) is 13.8 Å². The minimum atomic E-state index is -0.691. The van der Waals surface area contributed by atoms with Crippen molar-refractivity contribution in [3.63, 3.8) is 0 Å². The molecule has 3 heteroatoms. The molecule has 2 N–H and O–H groups in total. The maximum atomic E-state index is 12.0. The smallest absolute Gasteiger partial charge is 0.251 e. The van der Waals surface area contributed by atoms with Gasteiger partial charge in [-0.05, 0) is 31.0 Å². The van der Waals surface area contributed by atoms with Crippen LogP contribution in [0.1, 0.15) is 33.2 Å². The summed E-state index contributed by atoms with van der Waals surface area (Å²) in [7, 11) is 0. The molecule has 0 aliphatic heterocycles. The molecule has 3 nitrogen and oxygen atoms in total. The third kappa shape index (κ3) is 3.45. The molecule has 2 aromatic rings. The van der Waals surface area contributed by atoms with Crippen molar-refractivity contribution in [2.75, 3.05) is 6.54 Å². The second-order valence-electron chi connectivity index (χ2n) is 4.95. The fourth-order valence-electron chi connectivity index (χ4n) is 2.02. The lowest BCUT2D eigenvalue weighted by Gasteiger charge is -2.13. The van der Waals surface area contributed by atoms with E-state index in [1.807, 2.05) is 56.3 Å². The lowest BCUT2D eigenvalue weighted by molar-refractivity contribution is 0.0915. The zero-order valence-corrected chi connectivity index (χ0v) is 11.8. The molecule has 0 aromatic heterocycles. The average molecular weight is 269 g/mol. The number of benzene rings is 2. The Morgan fingerprint density at radius 2 is 1.75 bits per heavy atom. The van der Waals surface area contributed by atoms with Gasteiger partial charge in [-0.25, -0.2) is 0 Å². The molecule has 0 aliphatic rings. The number of carbonyl (C=O) groups excluding carboxylic acids is 1. The highest BCUT2D eigenvalue weighted by molar-refractivity contribution is 5.95. The summed E-state index contributed by atoms with van der Waals surface area (Å²) < 4.78 is 0. The summed E-state index contributed by atoms with van der Waals surface area (Å²) in [5.41, 5.74) is 3.52. The Balaban J connectivity index is 1.97. The Hall–Kier alpha value is -2.13. The van der Waals surface area contributed by atoms with Gasteiger partial charge >= 0.3 is 0 Å². The highest BCUT2D eigenvalue weighted by Gasteiger charge is 2.11. The number of aliphatic hydroxyl groups excluding tert-OH is 1. The molecule has 0 radical (unpaired) electrons. The Morgan fingerprint density at radius 1 is 1.10 bits per heavy atom. The number of hydrogen-bond acceptors (Lipinski definition) is 2. The first kappa shape index (κ1) is 14.3. The predicted molar refractivity (Wildman–Crippen MR) is 79.7 cm³/mol. The average Bonchev–Trinajstić information content (AvgIpc) is 2.45. The van der Waals surface area contributed by atoms with Crippen LogP contribution in [0.25, 0.3) is 0 Å². The summed E-state index contributed by atoms with van der Waals surface area (Å²) in [4.78, 5) is 12.0. The molecule has 104 valence electrons. The quantitative estimate of drug-likeness (QED) is 0.896. The summed E-state index contributed by atoms with van der Waals surface area (Å²) in [5, 5.41) is 12.8. The molecular formula is C17H19NO2. The number of aryl methyl sites for hydroxylation is 2. The fourth-order valence-corrected chi connectivity index (χ4v) is 2.02. The van der Waals surface area contributed by atoms with Crippen LogP contribution in [0.5, 0.6) is 0 Å². The molecule has 1 atom stereocenters. The number of carbonyl (C=O) groups is 1. The van der Waals surface area contributed by atoms with Gasteiger partial charge < -0.3 is 10.4 Å². The van der Waals surface area contributed by atoms with E-state index in [0.29, 0.717) is 5.56 Å². The normalized spacial score (nSPS) is 11.9. The van der Waals surface area contributed by atoms with Crippen LogP contribution in [-0.4, -0.2) is 17.6 Å².